The third-order valence-electron chi connectivity index (χ3n) is 1.89. The highest BCUT2D eigenvalue weighted by Crippen LogP contribution is 2.10. The van der Waals surface area contributed by atoms with Gasteiger partial charge in [0.25, 0.3) is 5.78 Å². The number of benzene rings is 1. The second-order valence-corrected chi connectivity index (χ2v) is 3.44. The van der Waals surface area contributed by atoms with Crippen molar-refractivity contribution in [3.8, 4) is 0 Å². The summed E-state index contributed by atoms with van der Waals surface area (Å²) in [5.41, 5.74) is 8.18. The van der Waals surface area contributed by atoms with E-state index in [9.17, 15) is 9.59 Å². The monoisotopic (exact) mass is 252 g/mol. The highest BCUT2D eigenvalue weighted by molar-refractivity contribution is 6.65. The molecule has 0 atom stereocenters. The van der Waals surface area contributed by atoms with Crippen LogP contribution in [0.3, 0.4) is 0 Å². The minimum absolute atomic E-state index is 0.0890. The number of hydrogen-bond acceptors (Lipinski definition) is 3. The molecule has 0 fully saturated rings. The van der Waals surface area contributed by atoms with Gasteiger partial charge in [-0.15, -0.1) is 0 Å². The largest absolute Gasteiger partial charge is 0.457 e. The zero-order valence-electron chi connectivity index (χ0n) is 9.01. The molecule has 0 amide bonds. The number of hydrogen-bond donors (Lipinski definition) is 0. The lowest BCUT2D eigenvalue weighted by atomic mass is 10.1. The van der Waals surface area contributed by atoms with Crippen LogP contribution < -0.4 is 0 Å². The fraction of sp³-hybridized carbons (Fsp3) is 0.182. The van der Waals surface area contributed by atoms with E-state index in [1.807, 2.05) is 0 Å². The first-order valence-corrected chi connectivity index (χ1v) is 5.17. The van der Waals surface area contributed by atoms with E-state index < -0.39 is 17.5 Å². The number of carbonyl (C=O) groups excluding carboxylic acids is 2. The Hall–Kier alpha value is -1.97. The third kappa shape index (κ3) is 3.24. The Bertz CT molecular complexity index is 490. The van der Waals surface area contributed by atoms with Crippen LogP contribution in [0.5, 0.6) is 0 Å². The molecule has 0 aliphatic heterocycles. The molecule has 0 N–H and O–H groups in total. The van der Waals surface area contributed by atoms with Gasteiger partial charge < -0.3 is 10.3 Å². The molecule has 0 unspecified atom stereocenters. The highest BCUT2D eigenvalue weighted by atomic mass is 35.5. The molecule has 1 aromatic rings. The molecule has 5 nitrogen and oxygen atoms in total. The molecule has 0 saturated heterocycles. The standard InChI is InChI=1S/C11H9ClN2O3/c1-2-17-11(16)9(14-13)10(15)7-3-5-8(12)6-4-7/h3-6H,2H2,1H3. The number of esters is 1. The van der Waals surface area contributed by atoms with Gasteiger partial charge in [0.1, 0.15) is 0 Å². The fourth-order valence-corrected chi connectivity index (χ4v) is 1.24. The van der Waals surface area contributed by atoms with Crippen molar-refractivity contribution in [2.24, 2.45) is 0 Å². The zero-order valence-corrected chi connectivity index (χ0v) is 9.77. The van der Waals surface area contributed by atoms with E-state index >= 15 is 0 Å². The molecule has 0 bridgehead atoms. The van der Waals surface area contributed by atoms with Gasteiger partial charge in [0.15, 0.2) is 0 Å². The minimum atomic E-state index is -0.963. The lowest BCUT2D eigenvalue weighted by Gasteiger charge is -1.98. The SMILES string of the molecule is CCOC(=O)C(=[N+]=[N-])C(=O)c1ccc(Cl)cc1. The quantitative estimate of drug-likeness (QED) is 0.204. The summed E-state index contributed by atoms with van der Waals surface area (Å²) in [6.07, 6.45) is 0. The molecular formula is C11H9ClN2O3. The van der Waals surface area contributed by atoms with Crippen LogP contribution >= 0.6 is 11.6 Å². The molecular weight excluding hydrogens is 244 g/mol. The lowest BCUT2D eigenvalue weighted by molar-refractivity contribution is -0.139. The summed E-state index contributed by atoms with van der Waals surface area (Å²) in [4.78, 5) is 25.7. The van der Waals surface area contributed by atoms with Crippen molar-refractivity contribution in [3.63, 3.8) is 0 Å². The average molecular weight is 253 g/mol. The van der Waals surface area contributed by atoms with Crippen LogP contribution in [0.4, 0.5) is 0 Å². The van der Waals surface area contributed by atoms with Crippen molar-refractivity contribution in [2.75, 3.05) is 6.61 Å². The van der Waals surface area contributed by atoms with E-state index in [-0.39, 0.29) is 12.2 Å². The smallest absolute Gasteiger partial charge is 0.446 e. The molecule has 0 aliphatic carbocycles. The molecule has 0 saturated carbocycles. The molecule has 0 aromatic heterocycles. The molecule has 1 aromatic carbocycles. The van der Waals surface area contributed by atoms with Crippen molar-refractivity contribution in [3.05, 3.63) is 40.4 Å². The van der Waals surface area contributed by atoms with Crippen LogP contribution in [0.2, 0.25) is 5.02 Å². The Morgan fingerprint density at radius 3 is 2.41 bits per heavy atom. The Morgan fingerprint density at radius 2 is 1.94 bits per heavy atom. The minimum Gasteiger partial charge on any atom is -0.457 e. The van der Waals surface area contributed by atoms with E-state index in [4.69, 9.17) is 17.1 Å². The zero-order chi connectivity index (χ0) is 12.8. The maximum Gasteiger partial charge on any atom is 0.446 e. The maximum atomic E-state index is 11.8. The number of halogens is 1. The average Bonchev–Trinajstić information content (AvgIpc) is 2.31. The van der Waals surface area contributed by atoms with Gasteiger partial charge in [-0.1, -0.05) is 11.6 Å². The molecule has 0 aliphatic rings. The number of carbonyl (C=O) groups is 2. The summed E-state index contributed by atoms with van der Waals surface area (Å²) in [6, 6.07) is 5.84. The van der Waals surface area contributed by atoms with Crippen LogP contribution in [-0.2, 0) is 9.53 Å². The van der Waals surface area contributed by atoms with E-state index in [1.165, 1.54) is 24.3 Å². The summed E-state index contributed by atoms with van der Waals surface area (Å²) in [6.45, 7) is 1.67. The Balaban J connectivity index is 2.99. The van der Waals surface area contributed by atoms with Gasteiger partial charge in [-0.05, 0) is 31.2 Å². The van der Waals surface area contributed by atoms with E-state index in [0.717, 1.165) is 0 Å². The van der Waals surface area contributed by atoms with E-state index in [0.29, 0.717) is 5.02 Å². The Morgan fingerprint density at radius 1 is 1.35 bits per heavy atom. The normalized spacial score (nSPS) is 9.29. The molecule has 1 rings (SSSR count). The second-order valence-electron chi connectivity index (χ2n) is 3.01. The van der Waals surface area contributed by atoms with Crippen molar-refractivity contribution >= 4 is 29.1 Å². The number of nitrogens with zero attached hydrogens (tertiary/aromatic N) is 2. The van der Waals surface area contributed by atoms with Gasteiger partial charge in [-0.3, -0.25) is 4.79 Å². The first-order chi connectivity index (χ1) is 8.10. The Kier molecular flexibility index (Phi) is 4.57. The van der Waals surface area contributed by atoms with Crippen LogP contribution in [-0.4, -0.2) is 28.9 Å². The van der Waals surface area contributed by atoms with E-state index in [2.05, 4.69) is 9.53 Å². The van der Waals surface area contributed by atoms with E-state index in [1.54, 1.807) is 6.92 Å². The van der Waals surface area contributed by atoms with Gasteiger partial charge in [0, 0.05) is 10.6 Å². The van der Waals surface area contributed by atoms with Crippen molar-refractivity contribution in [2.45, 2.75) is 6.92 Å². The fourth-order valence-electron chi connectivity index (χ4n) is 1.12. The van der Waals surface area contributed by atoms with Crippen molar-refractivity contribution < 1.29 is 19.1 Å². The lowest BCUT2D eigenvalue weighted by Crippen LogP contribution is -2.27. The summed E-state index contributed by atoms with van der Waals surface area (Å²) in [7, 11) is 0. The van der Waals surface area contributed by atoms with Gasteiger partial charge in [-0.2, -0.15) is 4.79 Å². The molecule has 0 spiro atoms. The second kappa shape index (κ2) is 5.94. The molecule has 17 heavy (non-hydrogen) atoms. The number of ketones is 1. The maximum absolute atomic E-state index is 11.8. The predicted molar refractivity (Wildman–Crippen MR) is 61.0 cm³/mol. The number of rotatable bonds is 4. The first-order valence-electron chi connectivity index (χ1n) is 4.79. The van der Waals surface area contributed by atoms with Crippen molar-refractivity contribution in [1.29, 1.82) is 0 Å². The van der Waals surface area contributed by atoms with Gasteiger partial charge in [0.2, 0.25) is 0 Å². The van der Waals surface area contributed by atoms with Crippen molar-refractivity contribution in [1.82, 2.24) is 0 Å². The van der Waals surface area contributed by atoms with Crippen LogP contribution in [0.15, 0.2) is 24.3 Å². The predicted octanol–water partition coefficient (Wildman–Crippen LogP) is 1.76. The number of Topliss-reactive ketones (excluding diaryl/α,β-unsaturated/α-hetero) is 1. The molecule has 88 valence electrons. The van der Waals surface area contributed by atoms with Crippen LogP contribution in [0, 0.1) is 0 Å². The number of ether oxygens (including phenoxy) is 1. The van der Waals surface area contributed by atoms with Gasteiger partial charge in [-0.25, -0.2) is 4.79 Å². The third-order valence-corrected chi connectivity index (χ3v) is 2.14. The summed E-state index contributed by atoms with van der Waals surface area (Å²) in [5.74, 6) is -1.68. The summed E-state index contributed by atoms with van der Waals surface area (Å²) in [5, 5.41) is 0.458. The van der Waals surface area contributed by atoms with Gasteiger partial charge >= 0.3 is 11.7 Å². The summed E-state index contributed by atoms with van der Waals surface area (Å²) >= 11 is 5.66. The first kappa shape index (κ1) is 13.1. The van der Waals surface area contributed by atoms with Crippen LogP contribution in [0.25, 0.3) is 5.53 Å². The highest BCUT2D eigenvalue weighted by Gasteiger charge is 2.31. The molecule has 0 heterocycles. The molecule has 6 heteroatoms. The summed E-state index contributed by atoms with van der Waals surface area (Å²) < 4.78 is 4.58. The van der Waals surface area contributed by atoms with Crippen LogP contribution in [0.1, 0.15) is 17.3 Å². The topological polar surface area (TPSA) is 79.8 Å². The Labute approximate surface area is 103 Å². The van der Waals surface area contributed by atoms with Gasteiger partial charge in [0.05, 0.1) is 6.61 Å². The molecule has 0 radical (unpaired) electrons.